The molecule has 1 N–H and O–H groups in total. The molecule has 9 nitrogen and oxygen atoms in total. The molecule has 11 heteroatoms. The van der Waals surface area contributed by atoms with E-state index in [1.165, 1.54) is 16.4 Å². The van der Waals surface area contributed by atoms with Gasteiger partial charge in [-0.1, -0.05) is 23.7 Å². The zero-order valence-electron chi connectivity index (χ0n) is 18.2. The molecule has 0 saturated carbocycles. The Labute approximate surface area is 197 Å². The number of piperazine rings is 1. The van der Waals surface area contributed by atoms with Gasteiger partial charge in [-0.05, 0) is 30.7 Å². The van der Waals surface area contributed by atoms with Crippen LogP contribution in [0.4, 0.5) is 5.69 Å². The highest BCUT2D eigenvalue weighted by Crippen LogP contribution is 2.38. The molecule has 2 aromatic rings. The Kier molecular flexibility index (Phi) is 6.51. The maximum absolute atomic E-state index is 13.3. The van der Waals surface area contributed by atoms with Crippen molar-refractivity contribution in [2.24, 2.45) is 0 Å². The molecule has 2 amide bonds. The van der Waals surface area contributed by atoms with Crippen molar-refractivity contribution in [2.75, 3.05) is 38.6 Å². The van der Waals surface area contributed by atoms with Crippen LogP contribution in [0.2, 0.25) is 5.02 Å². The number of sulfonamides is 1. The monoisotopic (exact) mass is 493 g/mol. The zero-order chi connectivity index (χ0) is 23.8. The van der Waals surface area contributed by atoms with Gasteiger partial charge in [0.2, 0.25) is 15.9 Å². The maximum atomic E-state index is 13.3. The van der Waals surface area contributed by atoms with Crippen molar-refractivity contribution in [1.82, 2.24) is 9.21 Å². The predicted molar refractivity (Wildman–Crippen MR) is 122 cm³/mol. The van der Waals surface area contributed by atoms with Crippen LogP contribution in [0.5, 0.6) is 11.5 Å². The summed E-state index contributed by atoms with van der Waals surface area (Å²) < 4.78 is 38.5. The number of nitrogens with zero attached hydrogens (tertiary/aromatic N) is 2. The van der Waals surface area contributed by atoms with Crippen LogP contribution < -0.4 is 14.8 Å². The molecule has 0 spiro atoms. The molecule has 1 unspecified atom stereocenters. The van der Waals surface area contributed by atoms with Crippen LogP contribution in [0.3, 0.4) is 0 Å². The number of benzene rings is 2. The SMILES string of the molecule is COc1ccc(CC(=O)N2CCN(S(=O)(=O)c3cc4c(cc3Cl)NC(=O)C(C)O4)CC2)cc1. The van der Waals surface area contributed by atoms with Gasteiger partial charge in [0, 0.05) is 32.2 Å². The highest BCUT2D eigenvalue weighted by molar-refractivity contribution is 7.89. The number of anilines is 1. The summed E-state index contributed by atoms with van der Waals surface area (Å²) in [4.78, 5) is 26.0. The molecule has 2 aromatic carbocycles. The number of amides is 2. The van der Waals surface area contributed by atoms with E-state index in [-0.39, 0.29) is 60.1 Å². The van der Waals surface area contributed by atoms with Crippen molar-refractivity contribution in [3.63, 3.8) is 0 Å². The number of carbonyl (C=O) groups excluding carboxylic acids is 2. The molecule has 0 aliphatic carbocycles. The third-order valence-corrected chi connectivity index (χ3v) is 8.05. The average molecular weight is 494 g/mol. The molecule has 176 valence electrons. The van der Waals surface area contributed by atoms with Crippen molar-refractivity contribution >= 4 is 39.1 Å². The Balaban J connectivity index is 1.43. The van der Waals surface area contributed by atoms with Gasteiger partial charge in [-0.25, -0.2) is 8.42 Å². The lowest BCUT2D eigenvalue weighted by Crippen LogP contribution is -2.50. The van der Waals surface area contributed by atoms with Crippen molar-refractivity contribution in [3.8, 4) is 11.5 Å². The van der Waals surface area contributed by atoms with E-state index < -0.39 is 16.1 Å². The van der Waals surface area contributed by atoms with Crippen molar-refractivity contribution in [2.45, 2.75) is 24.3 Å². The molecule has 33 heavy (non-hydrogen) atoms. The van der Waals surface area contributed by atoms with Crippen molar-refractivity contribution in [1.29, 1.82) is 0 Å². The number of methoxy groups -OCH3 is 1. The molecule has 2 heterocycles. The zero-order valence-corrected chi connectivity index (χ0v) is 19.8. The lowest BCUT2D eigenvalue weighted by Gasteiger charge is -2.34. The fraction of sp³-hybridized carbons (Fsp3) is 0.364. The van der Waals surface area contributed by atoms with E-state index in [0.29, 0.717) is 11.4 Å². The van der Waals surface area contributed by atoms with Gasteiger partial charge in [-0.2, -0.15) is 4.31 Å². The smallest absolute Gasteiger partial charge is 0.265 e. The molecule has 0 radical (unpaired) electrons. The summed E-state index contributed by atoms with van der Waals surface area (Å²) in [5.41, 5.74) is 1.19. The van der Waals surface area contributed by atoms with Gasteiger partial charge in [0.25, 0.3) is 5.91 Å². The molecule has 1 fully saturated rings. The van der Waals surface area contributed by atoms with Gasteiger partial charge in [-0.15, -0.1) is 0 Å². The number of halogens is 1. The molecule has 1 saturated heterocycles. The number of fused-ring (bicyclic) bond motifs is 1. The third kappa shape index (κ3) is 4.78. The largest absolute Gasteiger partial charge is 0.497 e. The Hall–Kier alpha value is -2.82. The fourth-order valence-electron chi connectivity index (χ4n) is 3.75. The molecule has 0 bridgehead atoms. The predicted octanol–water partition coefficient (Wildman–Crippen LogP) is 2.14. The Morgan fingerprint density at radius 3 is 2.48 bits per heavy atom. The summed E-state index contributed by atoms with van der Waals surface area (Å²) in [5, 5.41) is 2.64. The Morgan fingerprint density at radius 2 is 1.85 bits per heavy atom. The van der Waals surface area contributed by atoms with E-state index >= 15 is 0 Å². The summed E-state index contributed by atoms with van der Waals surface area (Å²) >= 11 is 6.25. The lowest BCUT2D eigenvalue weighted by molar-refractivity contribution is -0.131. The summed E-state index contributed by atoms with van der Waals surface area (Å²) in [6.45, 7) is 2.43. The fourth-order valence-corrected chi connectivity index (χ4v) is 5.69. The van der Waals surface area contributed by atoms with Crippen LogP contribution in [-0.2, 0) is 26.0 Å². The van der Waals surface area contributed by atoms with Crippen molar-refractivity contribution < 1.29 is 27.5 Å². The molecule has 2 aliphatic rings. The minimum absolute atomic E-state index is 0.00906. The van der Waals surface area contributed by atoms with Gasteiger partial charge in [-0.3, -0.25) is 9.59 Å². The van der Waals surface area contributed by atoms with E-state index in [1.807, 2.05) is 12.1 Å². The highest BCUT2D eigenvalue weighted by Gasteiger charge is 2.34. The number of nitrogens with one attached hydrogen (secondary N) is 1. The normalized spacial score (nSPS) is 18.8. The highest BCUT2D eigenvalue weighted by atomic mass is 35.5. The summed E-state index contributed by atoms with van der Waals surface area (Å²) in [7, 11) is -2.34. The van der Waals surface area contributed by atoms with E-state index in [9.17, 15) is 18.0 Å². The molecular weight excluding hydrogens is 470 g/mol. The second-order valence-electron chi connectivity index (χ2n) is 7.84. The third-order valence-electron chi connectivity index (χ3n) is 5.69. The first-order valence-corrected chi connectivity index (χ1v) is 12.2. The summed E-state index contributed by atoms with van der Waals surface area (Å²) in [6.07, 6.45) is -0.510. The number of ether oxygens (including phenoxy) is 2. The van der Waals surface area contributed by atoms with Gasteiger partial charge in [0.15, 0.2) is 6.10 Å². The van der Waals surface area contributed by atoms with Gasteiger partial charge >= 0.3 is 0 Å². The second kappa shape index (κ2) is 9.20. The topological polar surface area (TPSA) is 105 Å². The van der Waals surface area contributed by atoms with E-state index in [2.05, 4.69) is 5.32 Å². The maximum Gasteiger partial charge on any atom is 0.265 e. The lowest BCUT2D eigenvalue weighted by atomic mass is 10.1. The molecule has 4 rings (SSSR count). The number of rotatable bonds is 5. The van der Waals surface area contributed by atoms with Crippen LogP contribution in [0, 0.1) is 0 Å². The second-order valence-corrected chi connectivity index (χ2v) is 10.2. The van der Waals surface area contributed by atoms with Gasteiger partial charge < -0.3 is 19.7 Å². The van der Waals surface area contributed by atoms with E-state index in [1.54, 1.807) is 31.1 Å². The standard InChI is InChI=1S/C22H24ClN3O6S/c1-14-22(28)24-18-12-17(23)20(13-19(18)32-14)33(29,30)26-9-7-25(8-10-26)21(27)11-15-3-5-16(31-2)6-4-15/h3-6,12-14H,7-11H2,1-2H3,(H,24,28). The van der Waals surface area contributed by atoms with Crippen LogP contribution >= 0.6 is 11.6 Å². The number of hydrogen-bond donors (Lipinski definition) is 1. The first kappa shape index (κ1) is 23.3. The van der Waals surface area contributed by atoms with Crippen LogP contribution in [0.1, 0.15) is 12.5 Å². The first-order chi connectivity index (χ1) is 15.7. The minimum Gasteiger partial charge on any atom is -0.497 e. The van der Waals surface area contributed by atoms with E-state index in [4.69, 9.17) is 21.1 Å². The number of carbonyl (C=O) groups is 2. The summed E-state index contributed by atoms with van der Waals surface area (Å²) in [5.74, 6) is 0.568. The first-order valence-electron chi connectivity index (χ1n) is 10.4. The Bertz CT molecular complexity index is 1180. The van der Waals surface area contributed by atoms with E-state index in [0.717, 1.165) is 5.56 Å². The van der Waals surface area contributed by atoms with Gasteiger partial charge in [0.1, 0.15) is 16.4 Å². The Morgan fingerprint density at radius 1 is 1.18 bits per heavy atom. The molecule has 0 aromatic heterocycles. The van der Waals surface area contributed by atoms with Gasteiger partial charge in [0.05, 0.1) is 24.2 Å². The number of hydrogen-bond acceptors (Lipinski definition) is 6. The average Bonchev–Trinajstić information content (AvgIpc) is 2.80. The molecule has 1 atom stereocenters. The molecule has 2 aliphatic heterocycles. The summed E-state index contributed by atoms with van der Waals surface area (Å²) in [6, 6.07) is 9.98. The van der Waals surface area contributed by atoms with Crippen molar-refractivity contribution in [3.05, 3.63) is 47.0 Å². The quantitative estimate of drug-likeness (QED) is 0.684. The van der Waals surface area contributed by atoms with Crippen LogP contribution in [0.25, 0.3) is 0 Å². The van der Waals surface area contributed by atoms with Crippen LogP contribution in [-0.4, -0.2) is 68.8 Å². The minimum atomic E-state index is -3.92. The van der Waals surface area contributed by atoms with Crippen LogP contribution in [0.15, 0.2) is 41.3 Å². The molecular formula is C22H24ClN3O6S.